The molecule has 3 rings (SSSR count). The number of hydrogen-bond acceptors (Lipinski definition) is 8. The lowest BCUT2D eigenvalue weighted by Gasteiger charge is -2.30. The molecule has 1 heterocycles. The van der Waals surface area contributed by atoms with Crippen molar-refractivity contribution >= 4 is 64.5 Å². The van der Waals surface area contributed by atoms with Gasteiger partial charge in [0.1, 0.15) is 12.1 Å². The summed E-state index contributed by atoms with van der Waals surface area (Å²) >= 11 is 13.6. The predicted octanol–water partition coefficient (Wildman–Crippen LogP) is 2.23. The van der Waals surface area contributed by atoms with E-state index in [4.69, 9.17) is 27.9 Å². The molecular formula is C26H30Cl2N4O7S. The fourth-order valence-electron chi connectivity index (χ4n) is 4.05. The monoisotopic (exact) mass is 612 g/mol. The van der Waals surface area contributed by atoms with Crippen LogP contribution in [0.1, 0.15) is 15.9 Å². The van der Waals surface area contributed by atoms with Crippen molar-refractivity contribution in [2.24, 2.45) is 0 Å². The summed E-state index contributed by atoms with van der Waals surface area (Å²) in [5, 5.41) is 24.3. The molecule has 4 amide bonds. The summed E-state index contributed by atoms with van der Waals surface area (Å²) in [6.45, 7) is -0.544. The van der Waals surface area contributed by atoms with Gasteiger partial charge in [-0.15, -0.1) is 11.8 Å². The number of aliphatic hydroxyl groups excluding tert-OH is 2. The molecule has 14 heteroatoms. The summed E-state index contributed by atoms with van der Waals surface area (Å²) in [6, 6.07) is 9.04. The van der Waals surface area contributed by atoms with E-state index in [1.807, 2.05) is 0 Å². The van der Waals surface area contributed by atoms with Crippen LogP contribution in [0.3, 0.4) is 0 Å². The van der Waals surface area contributed by atoms with Crippen molar-refractivity contribution in [3.8, 4) is 0 Å². The Labute approximate surface area is 245 Å². The minimum Gasteiger partial charge on any atom is -0.467 e. The van der Waals surface area contributed by atoms with Gasteiger partial charge >= 0.3 is 12.0 Å². The van der Waals surface area contributed by atoms with Crippen molar-refractivity contribution in [3.63, 3.8) is 0 Å². The second-order valence-electron chi connectivity index (χ2n) is 8.74. The van der Waals surface area contributed by atoms with Crippen LogP contribution in [0.15, 0.2) is 42.5 Å². The largest absolute Gasteiger partial charge is 0.467 e. The fourth-order valence-corrected chi connectivity index (χ4v) is 5.76. The number of anilines is 1. The smallest absolute Gasteiger partial charge is 0.328 e. The van der Waals surface area contributed by atoms with Gasteiger partial charge in [-0.1, -0.05) is 41.4 Å². The van der Waals surface area contributed by atoms with Gasteiger partial charge in [0.2, 0.25) is 5.91 Å². The van der Waals surface area contributed by atoms with Gasteiger partial charge in [0.15, 0.2) is 0 Å². The van der Waals surface area contributed by atoms with Gasteiger partial charge < -0.3 is 35.4 Å². The number of carbonyl (C=O) groups is 4. The zero-order chi connectivity index (χ0) is 29.2. The third-order valence-electron chi connectivity index (χ3n) is 6.08. The number of halogens is 2. The van der Waals surface area contributed by atoms with E-state index >= 15 is 0 Å². The second-order valence-corrected chi connectivity index (χ2v) is 10.6. The number of esters is 1. The molecule has 1 aliphatic heterocycles. The zero-order valence-corrected chi connectivity index (χ0v) is 24.0. The van der Waals surface area contributed by atoms with E-state index in [0.717, 1.165) is 0 Å². The van der Waals surface area contributed by atoms with Crippen molar-refractivity contribution in [3.05, 3.63) is 63.6 Å². The first kappa shape index (κ1) is 31.5. The first-order valence-corrected chi connectivity index (χ1v) is 14.2. The zero-order valence-electron chi connectivity index (χ0n) is 21.6. The number of nitrogens with zero attached hydrogens (tertiary/aromatic N) is 2. The molecule has 0 spiro atoms. The average Bonchev–Trinajstić information content (AvgIpc) is 3.43. The molecule has 2 atom stereocenters. The van der Waals surface area contributed by atoms with Crippen LogP contribution in [-0.4, -0.2) is 101 Å². The number of aliphatic hydroxyl groups is 2. The maximum absolute atomic E-state index is 13.2. The van der Waals surface area contributed by atoms with Crippen LogP contribution in [0, 0.1) is 0 Å². The molecular weight excluding hydrogens is 583 g/mol. The van der Waals surface area contributed by atoms with Gasteiger partial charge in [0.25, 0.3) is 5.91 Å². The molecule has 216 valence electrons. The third-order valence-corrected chi connectivity index (χ3v) is 7.73. The quantitative estimate of drug-likeness (QED) is 0.282. The van der Waals surface area contributed by atoms with Crippen LogP contribution < -0.4 is 10.6 Å². The number of urea groups is 1. The van der Waals surface area contributed by atoms with Crippen molar-refractivity contribution < 1.29 is 34.1 Å². The number of hydrogen-bond donors (Lipinski definition) is 4. The minimum atomic E-state index is -1.03. The van der Waals surface area contributed by atoms with Crippen LogP contribution in [0.2, 0.25) is 10.0 Å². The van der Waals surface area contributed by atoms with E-state index in [2.05, 4.69) is 10.6 Å². The van der Waals surface area contributed by atoms with Crippen molar-refractivity contribution in [1.82, 2.24) is 15.1 Å². The molecule has 1 fully saturated rings. The van der Waals surface area contributed by atoms with E-state index in [1.54, 1.807) is 42.5 Å². The predicted molar refractivity (Wildman–Crippen MR) is 153 cm³/mol. The lowest BCUT2D eigenvalue weighted by Crippen LogP contribution is -2.55. The highest BCUT2D eigenvalue weighted by atomic mass is 35.5. The van der Waals surface area contributed by atoms with Crippen molar-refractivity contribution in [2.45, 2.75) is 18.5 Å². The molecule has 1 saturated heterocycles. The standard InChI is InChI=1S/C26H30Cl2N4O7S/c1-39-25(37)20(30-23(35)21-14-40-15-32(21)26(38)31(9-11-33)10-12-34)13-16-5-7-17(8-6-16)29-24(36)22-18(27)3-2-4-19(22)28/h2-8,20-21,33-34H,9-15H2,1H3,(H,29,36)(H,30,35). The van der Waals surface area contributed by atoms with Crippen LogP contribution >= 0.6 is 35.0 Å². The van der Waals surface area contributed by atoms with Gasteiger partial charge in [-0.3, -0.25) is 9.59 Å². The first-order valence-electron chi connectivity index (χ1n) is 12.3. The Balaban J connectivity index is 1.67. The Morgan fingerprint density at radius 2 is 1.70 bits per heavy atom. The first-order chi connectivity index (χ1) is 19.2. The highest BCUT2D eigenvalue weighted by molar-refractivity contribution is 7.99. The highest BCUT2D eigenvalue weighted by Crippen LogP contribution is 2.26. The van der Waals surface area contributed by atoms with Gasteiger partial charge in [-0.25, -0.2) is 9.59 Å². The van der Waals surface area contributed by atoms with Crippen LogP contribution in [0.4, 0.5) is 10.5 Å². The molecule has 0 aliphatic carbocycles. The van der Waals surface area contributed by atoms with Crippen LogP contribution in [0.5, 0.6) is 0 Å². The maximum Gasteiger partial charge on any atom is 0.328 e. The Morgan fingerprint density at radius 3 is 2.27 bits per heavy atom. The number of thioether (sulfide) groups is 1. The van der Waals surface area contributed by atoms with Crippen LogP contribution in [0.25, 0.3) is 0 Å². The molecule has 2 aromatic rings. The van der Waals surface area contributed by atoms with Gasteiger partial charge in [0, 0.05) is 31.0 Å². The molecule has 11 nitrogen and oxygen atoms in total. The number of benzene rings is 2. The second kappa shape index (κ2) is 15.1. The summed E-state index contributed by atoms with van der Waals surface area (Å²) in [6.07, 6.45) is 0.0952. The number of ether oxygens (including phenoxy) is 1. The van der Waals surface area contributed by atoms with Crippen LogP contribution in [-0.2, 0) is 20.7 Å². The molecule has 0 aromatic heterocycles. The Morgan fingerprint density at radius 1 is 1.07 bits per heavy atom. The van der Waals surface area contributed by atoms with E-state index < -0.39 is 35.9 Å². The molecule has 2 unspecified atom stereocenters. The molecule has 0 bridgehead atoms. The van der Waals surface area contributed by atoms with Crippen molar-refractivity contribution in [2.75, 3.05) is 50.4 Å². The van der Waals surface area contributed by atoms with E-state index in [-0.39, 0.29) is 54.2 Å². The summed E-state index contributed by atoms with van der Waals surface area (Å²) in [5.41, 5.74) is 1.29. The summed E-state index contributed by atoms with van der Waals surface area (Å²) < 4.78 is 4.89. The van der Waals surface area contributed by atoms with E-state index in [9.17, 15) is 29.4 Å². The Hall–Kier alpha value is -3.03. The minimum absolute atomic E-state index is 0.0154. The lowest BCUT2D eigenvalue weighted by atomic mass is 10.0. The molecule has 4 N–H and O–H groups in total. The number of rotatable bonds is 11. The average molecular weight is 614 g/mol. The lowest BCUT2D eigenvalue weighted by molar-refractivity contribution is -0.145. The number of amides is 4. The number of carbonyl (C=O) groups excluding carboxylic acids is 4. The SMILES string of the molecule is COC(=O)C(Cc1ccc(NC(=O)c2c(Cl)cccc2Cl)cc1)NC(=O)C1CSCN1C(=O)N(CCO)CCO. The normalized spacial score (nSPS) is 15.3. The third kappa shape index (κ3) is 8.01. The summed E-state index contributed by atoms with van der Waals surface area (Å²) in [4.78, 5) is 53.9. The van der Waals surface area contributed by atoms with Gasteiger partial charge in [-0.05, 0) is 29.8 Å². The summed E-state index contributed by atoms with van der Waals surface area (Å²) in [5.74, 6) is -1.10. The fraction of sp³-hybridized carbons (Fsp3) is 0.385. The number of methoxy groups -OCH3 is 1. The van der Waals surface area contributed by atoms with E-state index in [0.29, 0.717) is 17.0 Å². The molecule has 40 heavy (non-hydrogen) atoms. The van der Waals surface area contributed by atoms with Crippen molar-refractivity contribution in [1.29, 1.82) is 0 Å². The Bertz CT molecular complexity index is 1190. The highest BCUT2D eigenvalue weighted by Gasteiger charge is 2.38. The number of nitrogens with one attached hydrogen (secondary N) is 2. The van der Waals surface area contributed by atoms with Gasteiger partial charge in [-0.2, -0.15) is 0 Å². The molecule has 2 aromatic carbocycles. The maximum atomic E-state index is 13.2. The van der Waals surface area contributed by atoms with E-state index in [1.165, 1.54) is 28.7 Å². The molecule has 1 aliphatic rings. The molecule has 0 radical (unpaired) electrons. The molecule has 0 saturated carbocycles. The van der Waals surface area contributed by atoms with Gasteiger partial charge in [0.05, 0.1) is 41.8 Å². The Kier molecular flexibility index (Phi) is 11.9. The topological polar surface area (TPSA) is 149 Å². The summed E-state index contributed by atoms with van der Waals surface area (Å²) in [7, 11) is 1.21.